The van der Waals surface area contributed by atoms with Crippen LogP contribution in [0.5, 0.6) is 0 Å². The largest absolute Gasteiger partial charge is 0.348 e. The third kappa shape index (κ3) is 5.13. The molecule has 0 aliphatic rings. The summed E-state index contributed by atoms with van der Waals surface area (Å²) in [6.45, 7) is 2.19. The lowest BCUT2D eigenvalue weighted by molar-refractivity contribution is -0.120. The second-order valence-electron chi connectivity index (χ2n) is 3.49. The van der Waals surface area contributed by atoms with Gasteiger partial charge in [0.25, 0.3) is 0 Å². The number of carbonyl (C=O) groups excluding carboxylic acids is 1. The molecular weight excluding hydrogens is 282 g/mol. The van der Waals surface area contributed by atoms with Gasteiger partial charge in [-0.3, -0.25) is 4.79 Å². The molecule has 1 unspecified atom stereocenters. The molecule has 0 saturated heterocycles. The second kappa shape index (κ2) is 7.77. The van der Waals surface area contributed by atoms with E-state index in [4.69, 9.17) is 23.2 Å². The topological polar surface area (TPSA) is 41.1 Å². The second-order valence-corrected chi connectivity index (χ2v) is 4.31. The van der Waals surface area contributed by atoms with Crippen molar-refractivity contribution in [2.24, 2.45) is 0 Å². The first-order valence-electron chi connectivity index (χ1n) is 4.93. The van der Waals surface area contributed by atoms with E-state index in [0.717, 1.165) is 5.56 Å². The molecule has 0 fully saturated rings. The summed E-state index contributed by atoms with van der Waals surface area (Å²) in [5.74, 6) is -0.0546. The molecule has 1 rings (SSSR count). The van der Waals surface area contributed by atoms with Crippen LogP contribution in [0.1, 0.15) is 18.5 Å². The van der Waals surface area contributed by atoms with Crippen LogP contribution in [-0.4, -0.2) is 19.5 Å². The minimum absolute atomic E-state index is 0. The maximum absolute atomic E-state index is 11.3. The zero-order valence-electron chi connectivity index (χ0n) is 9.59. The van der Waals surface area contributed by atoms with Crippen molar-refractivity contribution in [3.05, 3.63) is 33.8 Å². The van der Waals surface area contributed by atoms with Gasteiger partial charge in [0.2, 0.25) is 5.91 Å². The molecule has 2 N–H and O–H groups in total. The molecular formula is C11H15Cl3N2O. The highest BCUT2D eigenvalue weighted by Crippen LogP contribution is 2.25. The molecule has 1 atom stereocenters. The van der Waals surface area contributed by atoms with Crippen LogP contribution in [0.2, 0.25) is 10.0 Å². The monoisotopic (exact) mass is 296 g/mol. The summed E-state index contributed by atoms with van der Waals surface area (Å²) in [5.41, 5.74) is 0.929. The first kappa shape index (κ1) is 16.5. The Morgan fingerprint density at radius 1 is 1.35 bits per heavy atom. The zero-order chi connectivity index (χ0) is 12.1. The van der Waals surface area contributed by atoms with Crippen LogP contribution < -0.4 is 10.6 Å². The van der Waals surface area contributed by atoms with Gasteiger partial charge in [0, 0.05) is 0 Å². The minimum atomic E-state index is -0.0874. The number of hydrogen-bond acceptors (Lipinski definition) is 2. The van der Waals surface area contributed by atoms with Gasteiger partial charge >= 0.3 is 0 Å². The van der Waals surface area contributed by atoms with Gasteiger partial charge in [0.15, 0.2) is 0 Å². The van der Waals surface area contributed by atoms with Crippen LogP contribution in [0, 0.1) is 0 Å². The number of carbonyl (C=O) groups is 1. The van der Waals surface area contributed by atoms with Gasteiger partial charge in [-0.25, -0.2) is 0 Å². The summed E-state index contributed by atoms with van der Waals surface area (Å²) >= 11 is 11.7. The standard InChI is InChI=1S/C11H14Cl2N2O.ClH/c1-7(15-11(16)6-14-2)8-3-4-9(12)10(13)5-8;/h3-5,7,14H,6H2,1-2H3,(H,15,16);1H. The number of benzene rings is 1. The van der Waals surface area contributed by atoms with E-state index >= 15 is 0 Å². The highest BCUT2D eigenvalue weighted by molar-refractivity contribution is 6.42. The van der Waals surface area contributed by atoms with Crippen molar-refractivity contribution < 1.29 is 4.79 Å². The highest BCUT2D eigenvalue weighted by Gasteiger charge is 2.10. The fourth-order valence-electron chi connectivity index (χ4n) is 1.32. The fraction of sp³-hybridized carbons (Fsp3) is 0.364. The van der Waals surface area contributed by atoms with E-state index < -0.39 is 0 Å². The van der Waals surface area contributed by atoms with Crippen molar-refractivity contribution >= 4 is 41.5 Å². The molecule has 17 heavy (non-hydrogen) atoms. The highest BCUT2D eigenvalue weighted by atomic mass is 35.5. The van der Waals surface area contributed by atoms with Gasteiger partial charge in [-0.05, 0) is 31.7 Å². The van der Waals surface area contributed by atoms with Crippen LogP contribution in [0.25, 0.3) is 0 Å². The van der Waals surface area contributed by atoms with E-state index in [1.165, 1.54) is 0 Å². The smallest absolute Gasteiger partial charge is 0.234 e. The predicted molar refractivity (Wildman–Crippen MR) is 74.2 cm³/mol. The van der Waals surface area contributed by atoms with Gasteiger partial charge < -0.3 is 10.6 Å². The van der Waals surface area contributed by atoms with E-state index in [2.05, 4.69) is 10.6 Å². The van der Waals surface area contributed by atoms with Crippen molar-refractivity contribution in [1.29, 1.82) is 0 Å². The van der Waals surface area contributed by atoms with Crippen LogP contribution in [-0.2, 0) is 4.79 Å². The van der Waals surface area contributed by atoms with Crippen LogP contribution >= 0.6 is 35.6 Å². The molecule has 0 spiro atoms. The van der Waals surface area contributed by atoms with Gasteiger partial charge in [-0.15, -0.1) is 12.4 Å². The Bertz CT molecular complexity index is 385. The van der Waals surface area contributed by atoms with E-state index in [1.54, 1.807) is 19.2 Å². The maximum Gasteiger partial charge on any atom is 0.234 e. The Hall–Kier alpha value is -0.480. The Morgan fingerprint density at radius 3 is 2.53 bits per heavy atom. The summed E-state index contributed by atoms with van der Waals surface area (Å²) in [5, 5.41) is 6.63. The lowest BCUT2D eigenvalue weighted by Crippen LogP contribution is -2.33. The van der Waals surface area contributed by atoms with Gasteiger partial charge in [-0.1, -0.05) is 29.3 Å². The van der Waals surface area contributed by atoms with Crippen molar-refractivity contribution in [2.75, 3.05) is 13.6 Å². The Morgan fingerprint density at radius 2 is 2.00 bits per heavy atom. The van der Waals surface area contributed by atoms with Gasteiger partial charge in [-0.2, -0.15) is 0 Å². The third-order valence-corrected chi connectivity index (χ3v) is 2.90. The molecule has 0 aliphatic carbocycles. The Labute approximate surface area is 117 Å². The first-order valence-corrected chi connectivity index (χ1v) is 5.69. The molecule has 0 aromatic heterocycles. The zero-order valence-corrected chi connectivity index (χ0v) is 11.9. The quantitative estimate of drug-likeness (QED) is 0.897. The molecule has 0 bridgehead atoms. The fourth-order valence-corrected chi connectivity index (χ4v) is 1.62. The lowest BCUT2D eigenvalue weighted by atomic mass is 10.1. The SMILES string of the molecule is CNCC(=O)NC(C)c1ccc(Cl)c(Cl)c1.Cl. The molecule has 0 saturated carbocycles. The Balaban J connectivity index is 0.00000256. The van der Waals surface area contributed by atoms with Gasteiger partial charge in [0.1, 0.15) is 0 Å². The van der Waals surface area contributed by atoms with E-state index in [1.807, 2.05) is 13.0 Å². The molecule has 96 valence electrons. The maximum atomic E-state index is 11.3. The summed E-state index contributed by atoms with van der Waals surface area (Å²) < 4.78 is 0. The molecule has 0 heterocycles. The molecule has 1 aromatic carbocycles. The average molecular weight is 298 g/mol. The molecule has 0 aliphatic heterocycles. The summed E-state index contributed by atoms with van der Waals surface area (Å²) in [4.78, 5) is 11.3. The third-order valence-electron chi connectivity index (χ3n) is 2.16. The number of amides is 1. The predicted octanol–water partition coefficient (Wildman–Crippen LogP) is 2.81. The minimum Gasteiger partial charge on any atom is -0.348 e. The Kier molecular flexibility index (Phi) is 7.55. The van der Waals surface area contributed by atoms with Crippen molar-refractivity contribution in [3.8, 4) is 0 Å². The summed E-state index contributed by atoms with van der Waals surface area (Å²) in [7, 11) is 1.73. The number of nitrogens with one attached hydrogen (secondary N) is 2. The summed E-state index contributed by atoms with van der Waals surface area (Å²) in [6, 6.07) is 5.24. The number of halogens is 3. The van der Waals surface area contributed by atoms with E-state index in [9.17, 15) is 4.79 Å². The molecule has 0 radical (unpaired) electrons. The van der Waals surface area contributed by atoms with Crippen molar-refractivity contribution in [2.45, 2.75) is 13.0 Å². The summed E-state index contributed by atoms with van der Waals surface area (Å²) in [6.07, 6.45) is 0. The molecule has 6 heteroatoms. The van der Waals surface area contributed by atoms with Crippen molar-refractivity contribution in [1.82, 2.24) is 10.6 Å². The number of hydrogen-bond donors (Lipinski definition) is 2. The molecule has 1 aromatic rings. The van der Waals surface area contributed by atoms with Crippen LogP contribution in [0.15, 0.2) is 18.2 Å². The molecule has 3 nitrogen and oxygen atoms in total. The normalized spacial score (nSPS) is 11.5. The number of rotatable bonds is 4. The average Bonchev–Trinajstić information content (AvgIpc) is 2.22. The first-order chi connectivity index (χ1) is 7.54. The van der Waals surface area contributed by atoms with Crippen LogP contribution in [0.3, 0.4) is 0 Å². The van der Waals surface area contributed by atoms with Crippen molar-refractivity contribution in [3.63, 3.8) is 0 Å². The molecule has 1 amide bonds. The lowest BCUT2D eigenvalue weighted by Gasteiger charge is -2.14. The van der Waals surface area contributed by atoms with Gasteiger partial charge in [0.05, 0.1) is 22.6 Å². The number of likely N-dealkylation sites (N-methyl/N-ethyl adjacent to an activating group) is 1. The van der Waals surface area contributed by atoms with Crippen LogP contribution in [0.4, 0.5) is 0 Å². The van der Waals surface area contributed by atoms with E-state index in [-0.39, 0.29) is 24.4 Å². The van der Waals surface area contributed by atoms with E-state index in [0.29, 0.717) is 16.6 Å².